The van der Waals surface area contributed by atoms with Crippen LogP contribution in [0.25, 0.3) is 0 Å². The third kappa shape index (κ3) is 4.58. The van der Waals surface area contributed by atoms with Crippen LogP contribution >= 0.6 is 0 Å². The number of aliphatic hydroxyl groups is 2. The molecule has 2 saturated heterocycles. The Bertz CT molecular complexity index is 803. The highest BCUT2D eigenvalue weighted by molar-refractivity contribution is 5.67. The second kappa shape index (κ2) is 8.89. The minimum Gasteiger partial charge on any atom is -0.445 e. The van der Waals surface area contributed by atoms with Gasteiger partial charge in [0.15, 0.2) is 12.6 Å². The lowest BCUT2D eigenvalue weighted by molar-refractivity contribution is -0.337. The molecule has 0 saturated carbocycles. The first-order valence-corrected chi connectivity index (χ1v) is 9.42. The fourth-order valence-electron chi connectivity index (χ4n) is 3.44. The highest BCUT2D eigenvalue weighted by Gasteiger charge is 2.49. The van der Waals surface area contributed by atoms with E-state index in [1.807, 2.05) is 60.7 Å². The van der Waals surface area contributed by atoms with Crippen LogP contribution in [0.4, 0.5) is 4.79 Å². The SMILES string of the molecule is O=C(N[C@@H]1[C@@H](O)[C@@H]2OC(c3ccccc3)OC[C@H]2O[C@@H]1O)OCc1ccccc1. The number of carbonyl (C=O) groups is 1. The summed E-state index contributed by atoms with van der Waals surface area (Å²) in [5.74, 6) is 0. The van der Waals surface area contributed by atoms with Crippen LogP contribution < -0.4 is 5.32 Å². The summed E-state index contributed by atoms with van der Waals surface area (Å²) in [5.41, 5.74) is 1.62. The summed E-state index contributed by atoms with van der Waals surface area (Å²) in [6, 6.07) is 17.4. The van der Waals surface area contributed by atoms with E-state index in [1.165, 1.54) is 0 Å². The molecule has 0 aliphatic carbocycles. The van der Waals surface area contributed by atoms with Gasteiger partial charge in [0, 0.05) is 5.56 Å². The summed E-state index contributed by atoms with van der Waals surface area (Å²) in [6.45, 7) is 0.211. The monoisotopic (exact) mass is 401 g/mol. The Morgan fingerprint density at radius 1 is 1.03 bits per heavy atom. The molecule has 8 heteroatoms. The number of aliphatic hydroxyl groups excluding tert-OH is 2. The van der Waals surface area contributed by atoms with E-state index in [-0.39, 0.29) is 13.2 Å². The first-order valence-electron chi connectivity index (χ1n) is 9.42. The standard InChI is InChI=1S/C21H23NO7/c23-17-16(22-21(25)27-11-13-7-3-1-4-8-13)19(24)28-15-12-26-20(29-18(15)17)14-9-5-2-6-10-14/h1-10,15-20,23-24H,11-12H2,(H,22,25)/t15-,16-,17-,18-,19+,20?/m1/s1. The number of hydrogen-bond acceptors (Lipinski definition) is 7. The zero-order valence-corrected chi connectivity index (χ0v) is 15.6. The average molecular weight is 401 g/mol. The van der Waals surface area contributed by atoms with Crippen molar-refractivity contribution in [2.75, 3.05) is 6.61 Å². The fraction of sp³-hybridized carbons (Fsp3) is 0.381. The summed E-state index contributed by atoms with van der Waals surface area (Å²) in [6.07, 6.45) is -5.50. The van der Waals surface area contributed by atoms with Crippen molar-refractivity contribution in [3.63, 3.8) is 0 Å². The molecule has 0 aromatic heterocycles. The number of rotatable bonds is 4. The molecule has 2 aliphatic heterocycles. The second-order valence-electron chi connectivity index (χ2n) is 6.96. The average Bonchev–Trinajstić information content (AvgIpc) is 2.76. The molecule has 4 rings (SSSR count). The van der Waals surface area contributed by atoms with Gasteiger partial charge in [0.25, 0.3) is 0 Å². The minimum absolute atomic E-state index is 0.0684. The van der Waals surface area contributed by atoms with Gasteiger partial charge in [0.1, 0.15) is 31.0 Å². The predicted molar refractivity (Wildman–Crippen MR) is 100 cm³/mol. The number of carbonyl (C=O) groups excluding carboxylic acids is 1. The second-order valence-corrected chi connectivity index (χ2v) is 6.96. The molecule has 6 atom stereocenters. The molecular formula is C21H23NO7. The van der Waals surface area contributed by atoms with Gasteiger partial charge in [-0.1, -0.05) is 60.7 Å². The maximum atomic E-state index is 12.1. The normalized spacial score (nSPS) is 31.5. The molecule has 2 heterocycles. The maximum absolute atomic E-state index is 12.1. The molecule has 8 nitrogen and oxygen atoms in total. The van der Waals surface area contributed by atoms with E-state index in [4.69, 9.17) is 18.9 Å². The van der Waals surface area contributed by atoms with Gasteiger partial charge in [-0.25, -0.2) is 4.79 Å². The first kappa shape index (κ1) is 19.8. The lowest BCUT2D eigenvalue weighted by atomic mass is 9.96. The highest BCUT2D eigenvalue weighted by Crippen LogP contribution is 2.33. The minimum atomic E-state index is -1.42. The summed E-state index contributed by atoms with van der Waals surface area (Å²) < 4.78 is 22.2. The van der Waals surface area contributed by atoms with Crippen LogP contribution in [0.15, 0.2) is 60.7 Å². The number of amides is 1. The van der Waals surface area contributed by atoms with E-state index < -0.39 is 43.0 Å². The molecule has 154 valence electrons. The Morgan fingerprint density at radius 2 is 1.72 bits per heavy atom. The number of ether oxygens (including phenoxy) is 4. The van der Waals surface area contributed by atoms with E-state index in [0.29, 0.717) is 0 Å². The fourth-order valence-corrected chi connectivity index (χ4v) is 3.44. The zero-order valence-electron chi connectivity index (χ0n) is 15.6. The Kier molecular flexibility index (Phi) is 6.08. The molecule has 2 fully saturated rings. The lowest BCUT2D eigenvalue weighted by Gasteiger charge is -2.46. The zero-order chi connectivity index (χ0) is 20.2. The quantitative estimate of drug-likeness (QED) is 0.712. The van der Waals surface area contributed by atoms with Gasteiger partial charge in [-0.3, -0.25) is 0 Å². The van der Waals surface area contributed by atoms with Gasteiger partial charge in [-0.15, -0.1) is 0 Å². The summed E-state index contributed by atoms with van der Waals surface area (Å²) in [7, 11) is 0. The van der Waals surface area contributed by atoms with Crippen molar-refractivity contribution >= 4 is 6.09 Å². The Balaban J connectivity index is 1.37. The Hall–Kier alpha value is -2.49. The third-order valence-corrected chi connectivity index (χ3v) is 4.95. The number of alkyl carbamates (subject to hydrolysis) is 1. The maximum Gasteiger partial charge on any atom is 0.407 e. The van der Waals surface area contributed by atoms with Crippen molar-refractivity contribution in [1.29, 1.82) is 0 Å². The molecule has 29 heavy (non-hydrogen) atoms. The molecule has 1 amide bonds. The van der Waals surface area contributed by atoms with Crippen LogP contribution in [-0.2, 0) is 25.6 Å². The van der Waals surface area contributed by atoms with Crippen molar-refractivity contribution in [1.82, 2.24) is 5.32 Å². The topological polar surface area (TPSA) is 106 Å². The molecule has 2 aliphatic rings. The van der Waals surface area contributed by atoms with Gasteiger partial charge in [0.2, 0.25) is 0 Å². The van der Waals surface area contributed by atoms with E-state index in [9.17, 15) is 15.0 Å². The lowest BCUT2D eigenvalue weighted by Crippen LogP contribution is -2.66. The molecule has 0 radical (unpaired) electrons. The van der Waals surface area contributed by atoms with Gasteiger partial charge >= 0.3 is 6.09 Å². The number of hydrogen-bond donors (Lipinski definition) is 3. The van der Waals surface area contributed by atoms with Crippen molar-refractivity contribution in [3.8, 4) is 0 Å². The van der Waals surface area contributed by atoms with Crippen LogP contribution in [0.5, 0.6) is 0 Å². The molecule has 0 bridgehead atoms. The van der Waals surface area contributed by atoms with Gasteiger partial charge < -0.3 is 34.5 Å². The van der Waals surface area contributed by atoms with E-state index >= 15 is 0 Å². The number of benzene rings is 2. The van der Waals surface area contributed by atoms with Crippen LogP contribution in [0.2, 0.25) is 0 Å². The third-order valence-electron chi connectivity index (χ3n) is 4.95. The van der Waals surface area contributed by atoms with Gasteiger partial charge in [-0.2, -0.15) is 0 Å². The molecule has 1 unspecified atom stereocenters. The highest BCUT2D eigenvalue weighted by atomic mass is 16.7. The molecule has 2 aromatic carbocycles. The van der Waals surface area contributed by atoms with E-state index in [2.05, 4.69) is 5.32 Å². The molecule has 2 aromatic rings. The van der Waals surface area contributed by atoms with Crippen LogP contribution in [0.3, 0.4) is 0 Å². The van der Waals surface area contributed by atoms with Gasteiger partial charge in [-0.05, 0) is 5.56 Å². The molecule has 0 spiro atoms. The number of fused-ring (bicyclic) bond motifs is 1. The first-order chi connectivity index (χ1) is 14.1. The van der Waals surface area contributed by atoms with E-state index in [0.717, 1.165) is 11.1 Å². The van der Waals surface area contributed by atoms with Crippen LogP contribution in [-0.4, -0.2) is 53.6 Å². The van der Waals surface area contributed by atoms with Crippen LogP contribution in [0.1, 0.15) is 17.4 Å². The smallest absolute Gasteiger partial charge is 0.407 e. The van der Waals surface area contributed by atoms with Crippen molar-refractivity contribution in [3.05, 3.63) is 71.8 Å². The Morgan fingerprint density at radius 3 is 2.45 bits per heavy atom. The van der Waals surface area contributed by atoms with E-state index in [1.54, 1.807) is 0 Å². The van der Waals surface area contributed by atoms with Crippen LogP contribution in [0, 0.1) is 0 Å². The number of nitrogens with one attached hydrogen (secondary N) is 1. The van der Waals surface area contributed by atoms with Crippen molar-refractivity contribution in [2.24, 2.45) is 0 Å². The molecule has 3 N–H and O–H groups in total. The van der Waals surface area contributed by atoms with Gasteiger partial charge in [0.05, 0.1) is 6.61 Å². The summed E-state index contributed by atoms with van der Waals surface area (Å²) in [4.78, 5) is 12.1. The van der Waals surface area contributed by atoms with Crippen molar-refractivity contribution in [2.45, 2.75) is 43.5 Å². The summed E-state index contributed by atoms with van der Waals surface area (Å²) >= 11 is 0. The van der Waals surface area contributed by atoms with Crippen molar-refractivity contribution < 1.29 is 34.0 Å². The summed E-state index contributed by atoms with van der Waals surface area (Å²) in [5, 5.41) is 23.4. The predicted octanol–water partition coefficient (Wildman–Crippen LogP) is 1.47. The Labute approximate surface area is 168 Å². The largest absolute Gasteiger partial charge is 0.445 e. The molecular weight excluding hydrogens is 378 g/mol.